The number of nitrogens with zero attached hydrogens (tertiary/aromatic N) is 4. The first-order valence-corrected chi connectivity index (χ1v) is 14.6. The summed E-state index contributed by atoms with van der Waals surface area (Å²) in [7, 11) is 0. The number of amides is 1. The summed E-state index contributed by atoms with van der Waals surface area (Å²) in [5, 5.41) is 12.3. The quantitative estimate of drug-likeness (QED) is 0.358. The summed E-state index contributed by atoms with van der Waals surface area (Å²) in [6, 6.07) is 17.0. The predicted octanol–water partition coefficient (Wildman–Crippen LogP) is 3.47. The van der Waals surface area contributed by atoms with Crippen molar-refractivity contribution >= 4 is 23.5 Å². The van der Waals surface area contributed by atoms with Gasteiger partial charge in [-0.3, -0.25) is 14.5 Å². The van der Waals surface area contributed by atoms with E-state index in [4.69, 9.17) is 14.2 Å². The summed E-state index contributed by atoms with van der Waals surface area (Å²) >= 11 is 0. The average molecular weight is 590 g/mol. The van der Waals surface area contributed by atoms with E-state index in [9.17, 15) is 14.7 Å². The summed E-state index contributed by atoms with van der Waals surface area (Å²) in [5.74, 6) is -0.105. The van der Waals surface area contributed by atoms with Gasteiger partial charge in [0.05, 0.1) is 18.8 Å². The number of piperazine rings is 1. The van der Waals surface area contributed by atoms with Gasteiger partial charge in [-0.25, -0.2) is 9.97 Å². The second-order valence-corrected chi connectivity index (χ2v) is 11.0. The minimum atomic E-state index is -0.899. The highest BCUT2D eigenvalue weighted by molar-refractivity contribution is 5.94. The van der Waals surface area contributed by atoms with Crippen molar-refractivity contribution in [3.63, 3.8) is 0 Å². The van der Waals surface area contributed by atoms with Gasteiger partial charge >= 0.3 is 5.97 Å². The Morgan fingerprint density at radius 3 is 2.28 bits per heavy atom. The van der Waals surface area contributed by atoms with Crippen molar-refractivity contribution in [1.29, 1.82) is 0 Å². The van der Waals surface area contributed by atoms with E-state index < -0.39 is 24.3 Å². The minimum absolute atomic E-state index is 0.0156. The number of esters is 1. The van der Waals surface area contributed by atoms with Gasteiger partial charge < -0.3 is 29.5 Å². The van der Waals surface area contributed by atoms with Crippen molar-refractivity contribution in [3.05, 3.63) is 83.7 Å². The van der Waals surface area contributed by atoms with E-state index in [1.165, 1.54) is 13.8 Å². The molecule has 2 saturated heterocycles. The summed E-state index contributed by atoms with van der Waals surface area (Å²) in [5.41, 5.74) is 3.27. The number of aliphatic hydroxyl groups is 1. The van der Waals surface area contributed by atoms with Crippen LogP contribution in [0.5, 0.6) is 0 Å². The van der Waals surface area contributed by atoms with Crippen LogP contribution in [-0.2, 0) is 30.4 Å². The molecule has 3 heterocycles. The zero-order valence-electron chi connectivity index (χ0n) is 24.8. The number of aliphatic hydroxyl groups excluding tert-OH is 1. The zero-order chi connectivity index (χ0) is 30.3. The molecule has 1 aromatic heterocycles. The third-order valence-electron chi connectivity index (χ3n) is 7.93. The third kappa shape index (κ3) is 7.74. The maximum absolute atomic E-state index is 12.4. The molecule has 0 saturated carbocycles. The first kappa shape index (κ1) is 30.6. The molecule has 1 amide bonds. The predicted molar refractivity (Wildman–Crippen MR) is 160 cm³/mol. The Morgan fingerprint density at radius 1 is 1.00 bits per heavy atom. The Balaban J connectivity index is 1.29. The van der Waals surface area contributed by atoms with Crippen molar-refractivity contribution in [2.45, 2.75) is 52.0 Å². The molecule has 11 heteroatoms. The van der Waals surface area contributed by atoms with Crippen LogP contribution in [0.3, 0.4) is 0 Å². The molecule has 43 heavy (non-hydrogen) atoms. The summed E-state index contributed by atoms with van der Waals surface area (Å²) in [6.07, 6.45) is 1.69. The first-order chi connectivity index (χ1) is 20.8. The highest BCUT2D eigenvalue weighted by Crippen LogP contribution is 2.42. The molecule has 0 bridgehead atoms. The molecular formula is C32H39N5O6. The molecule has 2 aromatic carbocycles. The highest BCUT2D eigenvalue weighted by atomic mass is 16.7. The smallest absolute Gasteiger partial charge is 0.303 e. The lowest BCUT2D eigenvalue weighted by molar-refractivity contribution is -0.276. The van der Waals surface area contributed by atoms with Gasteiger partial charge in [-0.1, -0.05) is 43.3 Å². The molecular weight excluding hydrogens is 550 g/mol. The lowest BCUT2D eigenvalue weighted by Crippen LogP contribution is -2.51. The van der Waals surface area contributed by atoms with Gasteiger partial charge in [0.2, 0.25) is 5.95 Å². The fourth-order valence-corrected chi connectivity index (χ4v) is 5.44. The molecule has 11 nitrogen and oxygen atoms in total. The van der Waals surface area contributed by atoms with E-state index in [0.29, 0.717) is 5.69 Å². The lowest BCUT2D eigenvalue weighted by atomic mass is 9.90. The van der Waals surface area contributed by atoms with E-state index in [0.717, 1.165) is 55.4 Å². The Kier molecular flexibility index (Phi) is 9.98. The Morgan fingerprint density at radius 2 is 1.65 bits per heavy atom. The van der Waals surface area contributed by atoms with Gasteiger partial charge in [-0.2, -0.15) is 0 Å². The number of benzene rings is 2. The maximum atomic E-state index is 12.4. The molecule has 2 aliphatic rings. The van der Waals surface area contributed by atoms with E-state index in [-0.39, 0.29) is 24.7 Å². The molecule has 228 valence electrons. The van der Waals surface area contributed by atoms with Crippen molar-refractivity contribution in [2.75, 3.05) is 42.9 Å². The van der Waals surface area contributed by atoms with Gasteiger partial charge in [-0.05, 0) is 36.2 Å². The van der Waals surface area contributed by atoms with Crippen LogP contribution < -0.4 is 10.2 Å². The maximum Gasteiger partial charge on any atom is 0.303 e. The van der Waals surface area contributed by atoms with Crippen LogP contribution in [-0.4, -0.2) is 76.8 Å². The van der Waals surface area contributed by atoms with Crippen molar-refractivity contribution in [1.82, 2.24) is 14.9 Å². The monoisotopic (exact) mass is 589 g/mol. The number of anilines is 2. The second kappa shape index (κ2) is 14.0. The van der Waals surface area contributed by atoms with Crippen LogP contribution in [0.25, 0.3) is 0 Å². The van der Waals surface area contributed by atoms with E-state index in [2.05, 4.69) is 32.0 Å². The summed E-state index contributed by atoms with van der Waals surface area (Å²) < 4.78 is 18.1. The minimum Gasteiger partial charge on any atom is -0.453 e. The Hall–Kier alpha value is -3.90. The molecule has 0 unspecified atom stereocenters. The third-order valence-corrected chi connectivity index (χ3v) is 7.93. The first-order valence-electron chi connectivity index (χ1n) is 14.6. The molecule has 0 spiro atoms. The molecule has 3 aromatic rings. The molecule has 0 aliphatic carbocycles. The van der Waals surface area contributed by atoms with Crippen molar-refractivity contribution in [2.24, 2.45) is 5.92 Å². The fourth-order valence-electron chi connectivity index (χ4n) is 5.44. The van der Waals surface area contributed by atoms with Crippen LogP contribution >= 0.6 is 0 Å². The average Bonchev–Trinajstić information content (AvgIpc) is 3.03. The standard InChI is InChI=1S/C32H39N5O6/c1-21-28(19-36-15-17-37(18-16-36)32-33-13-4-14-34-32)42-31(43-29(21)25-7-5-24(20-38)6-8-25)26-9-11-27(12-10-26)35-30(40)22(2)41-23(3)39/h4-14,21-22,28-29,31,38H,15-20H2,1-3H3,(H,35,40)/t21-,22-,28+,29+,31+/m0/s1. The van der Waals surface area contributed by atoms with Crippen molar-refractivity contribution < 1.29 is 28.9 Å². The van der Waals surface area contributed by atoms with Gasteiger partial charge in [0, 0.05) is 69.2 Å². The molecule has 2 N–H and O–H groups in total. The Bertz CT molecular complexity index is 1350. The number of carbonyl (C=O) groups excluding carboxylic acids is 2. The molecule has 5 atom stereocenters. The number of ether oxygens (including phenoxy) is 3. The van der Waals surface area contributed by atoms with Crippen LogP contribution in [0.15, 0.2) is 67.0 Å². The fraction of sp³-hybridized carbons (Fsp3) is 0.438. The van der Waals surface area contributed by atoms with E-state index in [1.54, 1.807) is 24.5 Å². The second-order valence-electron chi connectivity index (χ2n) is 11.0. The molecule has 0 radical (unpaired) electrons. The van der Waals surface area contributed by atoms with Crippen LogP contribution in [0.4, 0.5) is 11.6 Å². The highest BCUT2D eigenvalue weighted by Gasteiger charge is 2.39. The number of aromatic nitrogens is 2. The van der Waals surface area contributed by atoms with Gasteiger partial charge in [0.15, 0.2) is 12.4 Å². The lowest BCUT2D eigenvalue weighted by Gasteiger charge is -2.44. The number of carbonyl (C=O) groups is 2. The molecule has 2 fully saturated rings. The van der Waals surface area contributed by atoms with Gasteiger partial charge in [-0.15, -0.1) is 0 Å². The largest absolute Gasteiger partial charge is 0.453 e. The molecule has 2 aliphatic heterocycles. The summed E-state index contributed by atoms with van der Waals surface area (Å²) in [4.78, 5) is 37.0. The van der Waals surface area contributed by atoms with E-state index in [1.807, 2.05) is 42.5 Å². The van der Waals surface area contributed by atoms with E-state index >= 15 is 0 Å². The van der Waals surface area contributed by atoms with Crippen LogP contribution in [0.1, 0.15) is 49.9 Å². The van der Waals surface area contributed by atoms with Gasteiger partial charge in [0.1, 0.15) is 0 Å². The number of rotatable bonds is 9. The number of hydrogen-bond acceptors (Lipinski definition) is 10. The zero-order valence-corrected chi connectivity index (χ0v) is 24.8. The Labute approximate surface area is 251 Å². The SMILES string of the molecule is CC(=O)O[C@@H](C)C(=O)Nc1ccc([C@@H]2O[C@H](CN3CCN(c4ncccn4)CC3)[C@H](C)[C@H](c3ccc(CO)cc3)O2)cc1. The number of nitrogens with one attached hydrogen (secondary N) is 1. The van der Waals surface area contributed by atoms with Crippen LogP contribution in [0, 0.1) is 5.92 Å². The number of hydrogen-bond donors (Lipinski definition) is 2. The van der Waals surface area contributed by atoms with Crippen LogP contribution in [0.2, 0.25) is 0 Å². The van der Waals surface area contributed by atoms with Crippen molar-refractivity contribution in [3.8, 4) is 0 Å². The van der Waals surface area contributed by atoms with Gasteiger partial charge in [0.25, 0.3) is 5.91 Å². The topological polar surface area (TPSA) is 126 Å². The summed E-state index contributed by atoms with van der Waals surface area (Å²) in [6.45, 7) is 9.08. The normalized spacial score (nSPS) is 23.4. The molecule has 5 rings (SSSR count).